The van der Waals surface area contributed by atoms with Crippen molar-refractivity contribution in [3.63, 3.8) is 0 Å². The maximum Gasteiger partial charge on any atom is 0.186 e. The van der Waals surface area contributed by atoms with Crippen LogP contribution in [0.25, 0.3) is 11.0 Å². The van der Waals surface area contributed by atoms with Gasteiger partial charge in [-0.3, -0.25) is 9.36 Å². The molecule has 2 aromatic carbocycles. The largest absolute Gasteiger partial charge is 0.365 e. The fourth-order valence-corrected chi connectivity index (χ4v) is 4.32. The van der Waals surface area contributed by atoms with Crippen LogP contribution in [0.5, 0.6) is 0 Å². The monoisotopic (exact) mass is 452 g/mol. The molecular weight excluding hydrogens is 424 g/mol. The van der Waals surface area contributed by atoms with Gasteiger partial charge in [0.1, 0.15) is 12.1 Å². The molecule has 0 aliphatic heterocycles. The number of nitrogens with one attached hydrogen (secondary N) is 1. The van der Waals surface area contributed by atoms with Gasteiger partial charge in [-0.05, 0) is 47.7 Å². The van der Waals surface area contributed by atoms with Crippen LogP contribution in [0.4, 0.5) is 5.82 Å². The van der Waals surface area contributed by atoms with Gasteiger partial charge >= 0.3 is 0 Å². The predicted molar refractivity (Wildman–Crippen MR) is 133 cm³/mol. The standard InChI is InChI=1S/C26H28N8/c1-18-10-19(2)23(22(11-18)12-27)13-28-25-24-16-34(32-26(24)30-17-29-25)15-21-6-4-20(5-7-21)14-33-9-3-8-31-33/h3-11,16-17H,12-15,27H2,1-2H3,(H,28,29,30,32). The molecule has 0 saturated carbocycles. The summed E-state index contributed by atoms with van der Waals surface area (Å²) in [4.78, 5) is 8.84. The van der Waals surface area contributed by atoms with E-state index in [-0.39, 0.29) is 0 Å². The van der Waals surface area contributed by atoms with E-state index >= 15 is 0 Å². The highest BCUT2D eigenvalue weighted by Gasteiger charge is 2.11. The molecule has 8 heteroatoms. The second kappa shape index (κ2) is 9.44. The first kappa shape index (κ1) is 21.8. The van der Waals surface area contributed by atoms with Crippen molar-refractivity contribution in [2.75, 3.05) is 5.32 Å². The Morgan fingerprint density at radius 1 is 0.971 bits per heavy atom. The van der Waals surface area contributed by atoms with Gasteiger partial charge in [-0.25, -0.2) is 9.97 Å². The summed E-state index contributed by atoms with van der Waals surface area (Å²) in [6, 6.07) is 14.8. The Balaban J connectivity index is 1.32. The molecule has 0 aliphatic rings. The Labute approximate surface area is 198 Å². The Kier molecular flexibility index (Phi) is 6.05. The fraction of sp³-hybridized carbons (Fsp3) is 0.231. The van der Waals surface area contributed by atoms with E-state index in [1.165, 1.54) is 27.8 Å². The average Bonchev–Trinajstić information content (AvgIpc) is 3.49. The van der Waals surface area contributed by atoms with Crippen molar-refractivity contribution in [2.24, 2.45) is 5.73 Å². The SMILES string of the molecule is Cc1cc(C)c(CNc2ncnc3nn(Cc4ccc(Cn5cccn5)cc4)cc23)c(CN)c1. The third-order valence-corrected chi connectivity index (χ3v) is 6.00. The lowest BCUT2D eigenvalue weighted by atomic mass is 9.99. The molecule has 3 aromatic heterocycles. The van der Waals surface area contributed by atoms with Crippen molar-refractivity contribution < 1.29 is 0 Å². The van der Waals surface area contributed by atoms with Crippen LogP contribution in [0.2, 0.25) is 0 Å². The van der Waals surface area contributed by atoms with Gasteiger partial charge in [0.2, 0.25) is 0 Å². The lowest BCUT2D eigenvalue weighted by Gasteiger charge is -2.14. The van der Waals surface area contributed by atoms with Crippen LogP contribution >= 0.6 is 0 Å². The van der Waals surface area contributed by atoms with E-state index in [2.05, 4.69) is 75.7 Å². The van der Waals surface area contributed by atoms with Gasteiger partial charge in [0.25, 0.3) is 0 Å². The van der Waals surface area contributed by atoms with Crippen molar-refractivity contribution >= 4 is 16.9 Å². The highest BCUT2D eigenvalue weighted by atomic mass is 15.3. The molecular formula is C26H28N8. The smallest absolute Gasteiger partial charge is 0.186 e. The fourth-order valence-electron chi connectivity index (χ4n) is 4.32. The van der Waals surface area contributed by atoms with Crippen molar-refractivity contribution in [2.45, 2.75) is 40.0 Å². The quantitative estimate of drug-likeness (QED) is 0.371. The van der Waals surface area contributed by atoms with E-state index < -0.39 is 0 Å². The third kappa shape index (κ3) is 4.67. The van der Waals surface area contributed by atoms with Gasteiger partial charge < -0.3 is 11.1 Å². The Hall–Kier alpha value is -4.04. The molecule has 0 atom stereocenters. The van der Waals surface area contributed by atoms with Gasteiger partial charge in [0.15, 0.2) is 5.65 Å². The molecule has 0 unspecified atom stereocenters. The minimum Gasteiger partial charge on any atom is -0.365 e. The molecule has 8 nitrogen and oxygen atoms in total. The second-order valence-electron chi connectivity index (χ2n) is 8.58. The number of anilines is 1. The highest BCUT2D eigenvalue weighted by molar-refractivity contribution is 5.85. The number of aromatic nitrogens is 6. The van der Waals surface area contributed by atoms with Gasteiger partial charge in [0.05, 0.1) is 18.5 Å². The van der Waals surface area contributed by atoms with Gasteiger partial charge in [-0.2, -0.15) is 10.2 Å². The minimum absolute atomic E-state index is 0.511. The summed E-state index contributed by atoms with van der Waals surface area (Å²) in [7, 11) is 0. The Morgan fingerprint density at radius 3 is 2.44 bits per heavy atom. The second-order valence-corrected chi connectivity index (χ2v) is 8.58. The zero-order chi connectivity index (χ0) is 23.5. The van der Waals surface area contributed by atoms with Crippen LogP contribution < -0.4 is 11.1 Å². The number of nitrogens with two attached hydrogens (primary N) is 1. The van der Waals surface area contributed by atoms with E-state index in [9.17, 15) is 0 Å². The third-order valence-electron chi connectivity index (χ3n) is 6.00. The molecule has 0 radical (unpaired) electrons. The summed E-state index contributed by atoms with van der Waals surface area (Å²) >= 11 is 0. The summed E-state index contributed by atoms with van der Waals surface area (Å²) < 4.78 is 3.83. The first-order chi connectivity index (χ1) is 16.6. The van der Waals surface area contributed by atoms with Crippen molar-refractivity contribution in [3.8, 4) is 0 Å². The lowest BCUT2D eigenvalue weighted by molar-refractivity contribution is 0.681. The summed E-state index contributed by atoms with van der Waals surface area (Å²) in [6.07, 6.45) is 7.31. The van der Waals surface area contributed by atoms with Crippen LogP contribution in [-0.4, -0.2) is 29.5 Å². The van der Waals surface area contributed by atoms with Crippen LogP contribution in [0.15, 0.2) is 67.4 Å². The Morgan fingerprint density at radius 2 is 1.74 bits per heavy atom. The molecule has 5 rings (SSSR count). The van der Waals surface area contributed by atoms with Gasteiger partial charge in [-0.1, -0.05) is 42.0 Å². The first-order valence-corrected chi connectivity index (χ1v) is 11.4. The number of rotatable bonds is 8. The van der Waals surface area contributed by atoms with E-state index in [1.807, 2.05) is 27.8 Å². The molecule has 0 aliphatic carbocycles. The lowest BCUT2D eigenvalue weighted by Crippen LogP contribution is -2.10. The molecule has 3 N–H and O–H groups in total. The number of aryl methyl sites for hydroxylation is 2. The topological polar surface area (TPSA) is 99.5 Å². The number of hydrogen-bond acceptors (Lipinski definition) is 6. The van der Waals surface area contributed by atoms with Crippen LogP contribution in [0, 0.1) is 13.8 Å². The first-order valence-electron chi connectivity index (χ1n) is 11.4. The predicted octanol–water partition coefficient (Wildman–Crippen LogP) is 3.81. The Bertz CT molecular complexity index is 1400. The zero-order valence-electron chi connectivity index (χ0n) is 19.4. The molecule has 5 aromatic rings. The number of benzene rings is 2. The number of nitrogens with zero attached hydrogens (tertiary/aromatic N) is 6. The number of hydrogen-bond donors (Lipinski definition) is 2. The maximum absolute atomic E-state index is 6.00. The summed E-state index contributed by atoms with van der Waals surface area (Å²) in [5.74, 6) is 0.772. The van der Waals surface area contributed by atoms with E-state index in [4.69, 9.17) is 5.73 Å². The number of fused-ring (bicyclic) bond motifs is 1. The van der Waals surface area contributed by atoms with E-state index in [0.29, 0.717) is 25.3 Å². The average molecular weight is 453 g/mol. The summed E-state index contributed by atoms with van der Waals surface area (Å²) in [6.45, 7) is 6.79. The highest BCUT2D eigenvalue weighted by Crippen LogP contribution is 2.22. The van der Waals surface area contributed by atoms with Gasteiger partial charge in [-0.15, -0.1) is 0 Å². The van der Waals surface area contributed by atoms with Crippen molar-refractivity contribution in [3.05, 3.63) is 101 Å². The molecule has 172 valence electrons. The summed E-state index contributed by atoms with van der Waals surface area (Å²) in [5.41, 5.74) is 13.9. The molecule has 34 heavy (non-hydrogen) atoms. The molecule has 0 spiro atoms. The molecule has 0 fully saturated rings. The molecule has 0 amide bonds. The van der Waals surface area contributed by atoms with Gasteiger partial charge in [0, 0.05) is 31.7 Å². The minimum atomic E-state index is 0.511. The van der Waals surface area contributed by atoms with Crippen molar-refractivity contribution in [1.82, 2.24) is 29.5 Å². The normalized spacial score (nSPS) is 11.3. The molecule has 0 saturated heterocycles. The maximum atomic E-state index is 6.00. The molecule has 3 heterocycles. The molecule has 0 bridgehead atoms. The van der Waals surface area contributed by atoms with E-state index in [0.717, 1.165) is 23.3 Å². The van der Waals surface area contributed by atoms with Crippen LogP contribution in [0.3, 0.4) is 0 Å². The van der Waals surface area contributed by atoms with Crippen LogP contribution in [0.1, 0.15) is 33.4 Å². The zero-order valence-corrected chi connectivity index (χ0v) is 19.4. The van der Waals surface area contributed by atoms with E-state index in [1.54, 1.807) is 12.5 Å². The van der Waals surface area contributed by atoms with Crippen molar-refractivity contribution in [1.29, 1.82) is 0 Å². The van der Waals surface area contributed by atoms with Crippen LogP contribution in [-0.2, 0) is 26.2 Å². The summed E-state index contributed by atoms with van der Waals surface area (Å²) in [5, 5.41) is 13.3.